The third-order valence-corrected chi connectivity index (χ3v) is 3.31. The van der Waals surface area contributed by atoms with Gasteiger partial charge < -0.3 is 9.47 Å². The lowest BCUT2D eigenvalue weighted by Crippen LogP contribution is -2.17. The highest BCUT2D eigenvalue weighted by molar-refractivity contribution is 9.10. The van der Waals surface area contributed by atoms with E-state index in [9.17, 15) is 13.2 Å². The van der Waals surface area contributed by atoms with Crippen molar-refractivity contribution in [2.24, 2.45) is 0 Å². The summed E-state index contributed by atoms with van der Waals surface area (Å²) < 4.78 is 46.5. The Kier molecular flexibility index (Phi) is 4.62. The Morgan fingerprint density at radius 3 is 2.45 bits per heavy atom. The van der Waals surface area contributed by atoms with Crippen molar-refractivity contribution in [3.05, 3.63) is 52.0 Å². The zero-order valence-corrected chi connectivity index (χ0v) is 12.8. The number of hydrogen-bond acceptors (Lipinski definition) is 3. The lowest BCUT2D eigenvalue weighted by Gasteiger charge is -2.12. The topological polar surface area (TPSA) is 42.2 Å². The van der Waals surface area contributed by atoms with Crippen LogP contribution in [-0.2, 0) is 0 Å². The Morgan fingerprint density at radius 2 is 1.82 bits per heavy atom. The summed E-state index contributed by atoms with van der Waals surface area (Å²) in [5.41, 5.74) is 1.13. The maximum absolute atomic E-state index is 12.2. The summed E-state index contributed by atoms with van der Waals surface area (Å²) in [6.45, 7) is 1.73. The van der Waals surface area contributed by atoms with Crippen molar-refractivity contribution in [1.82, 2.24) is 0 Å². The van der Waals surface area contributed by atoms with Gasteiger partial charge in [-0.05, 0) is 52.7 Å². The van der Waals surface area contributed by atoms with Crippen molar-refractivity contribution in [1.29, 1.82) is 5.26 Å². The maximum Gasteiger partial charge on any atom is 0.573 e. The summed E-state index contributed by atoms with van der Waals surface area (Å²) in [6, 6.07) is 10.4. The molecule has 2 aromatic rings. The van der Waals surface area contributed by atoms with Gasteiger partial charge in [0, 0.05) is 10.5 Å². The molecule has 0 heterocycles. The lowest BCUT2D eigenvalue weighted by molar-refractivity contribution is -0.274. The van der Waals surface area contributed by atoms with E-state index in [0.29, 0.717) is 21.3 Å². The molecule has 0 aromatic heterocycles. The third kappa shape index (κ3) is 4.15. The van der Waals surface area contributed by atoms with Crippen LogP contribution in [0, 0.1) is 18.3 Å². The molecule has 0 saturated heterocycles. The van der Waals surface area contributed by atoms with E-state index in [1.54, 1.807) is 19.1 Å². The number of nitriles is 1. The molecule has 2 rings (SSSR count). The minimum Gasteiger partial charge on any atom is -0.457 e. The van der Waals surface area contributed by atoms with Gasteiger partial charge in [0.25, 0.3) is 0 Å². The number of benzene rings is 2. The van der Waals surface area contributed by atoms with Crippen LogP contribution in [0.4, 0.5) is 13.2 Å². The molecule has 22 heavy (non-hydrogen) atoms. The number of hydrogen-bond donors (Lipinski definition) is 0. The first-order valence-corrected chi connectivity index (χ1v) is 6.82. The monoisotopic (exact) mass is 371 g/mol. The minimum absolute atomic E-state index is 0.196. The molecule has 0 aliphatic rings. The second-order valence-electron chi connectivity index (χ2n) is 4.33. The van der Waals surface area contributed by atoms with E-state index in [0.717, 1.165) is 6.07 Å². The van der Waals surface area contributed by atoms with Gasteiger partial charge in [0.2, 0.25) is 0 Å². The first-order valence-electron chi connectivity index (χ1n) is 6.02. The summed E-state index contributed by atoms with van der Waals surface area (Å²) in [6.07, 6.45) is -4.76. The molecule has 7 heteroatoms. The van der Waals surface area contributed by atoms with Gasteiger partial charge in [-0.2, -0.15) is 5.26 Å². The van der Waals surface area contributed by atoms with Crippen molar-refractivity contribution in [2.75, 3.05) is 0 Å². The van der Waals surface area contributed by atoms with Gasteiger partial charge >= 0.3 is 6.36 Å². The molecular formula is C15H9BrF3NO2. The molecule has 0 saturated carbocycles. The summed E-state index contributed by atoms with van der Waals surface area (Å²) in [5.74, 6) is 0.256. The van der Waals surface area contributed by atoms with Crippen LogP contribution < -0.4 is 9.47 Å². The Labute approximate surface area is 133 Å². The summed E-state index contributed by atoms with van der Waals surface area (Å²) in [4.78, 5) is 0. The molecular weight excluding hydrogens is 363 g/mol. The molecule has 0 aliphatic carbocycles. The van der Waals surface area contributed by atoms with Gasteiger partial charge in [-0.3, -0.25) is 0 Å². The van der Waals surface area contributed by atoms with Crippen molar-refractivity contribution >= 4 is 15.9 Å². The average molecular weight is 372 g/mol. The van der Waals surface area contributed by atoms with E-state index in [1.807, 2.05) is 6.07 Å². The summed E-state index contributed by atoms with van der Waals surface area (Å²) >= 11 is 3.23. The molecule has 2 aromatic carbocycles. The van der Waals surface area contributed by atoms with Crippen molar-refractivity contribution < 1.29 is 22.6 Å². The fourth-order valence-electron chi connectivity index (χ4n) is 1.72. The first kappa shape index (κ1) is 16.2. The molecule has 0 spiro atoms. The Bertz CT molecular complexity index is 739. The molecule has 0 amide bonds. The largest absolute Gasteiger partial charge is 0.573 e. The molecule has 0 atom stereocenters. The second kappa shape index (κ2) is 6.28. The molecule has 0 radical (unpaired) electrons. The Balaban J connectivity index is 2.27. The SMILES string of the molecule is Cc1cc(C#N)c(Br)cc1Oc1cccc(OC(F)(F)F)c1. The van der Waals surface area contributed by atoms with Crippen LogP contribution >= 0.6 is 15.9 Å². The van der Waals surface area contributed by atoms with Crippen molar-refractivity contribution in [3.8, 4) is 23.3 Å². The fourth-order valence-corrected chi connectivity index (χ4v) is 2.13. The van der Waals surface area contributed by atoms with Gasteiger partial charge in [0.15, 0.2) is 0 Å². The van der Waals surface area contributed by atoms with Crippen LogP contribution in [0.2, 0.25) is 0 Å². The Morgan fingerprint density at radius 1 is 1.14 bits per heavy atom. The number of ether oxygens (including phenoxy) is 2. The molecule has 0 N–H and O–H groups in total. The molecule has 114 valence electrons. The number of rotatable bonds is 3. The minimum atomic E-state index is -4.76. The maximum atomic E-state index is 12.2. The zero-order valence-electron chi connectivity index (χ0n) is 11.2. The normalized spacial score (nSPS) is 10.9. The van der Waals surface area contributed by atoms with Crippen LogP contribution in [0.3, 0.4) is 0 Å². The molecule has 3 nitrogen and oxygen atoms in total. The second-order valence-corrected chi connectivity index (χ2v) is 5.19. The summed E-state index contributed by atoms with van der Waals surface area (Å²) in [5, 5.41) is 8.92. The highest BCUT2D eigenvalue weighted by Gasteiger charge is 2.31. The van der Waals surface area contributed by atoms with E-state index >= 15 is 0 Å². The van der Waals surface area contributed by atoms with Crippen LogP contribution in [0.5, 0.6) is 17.2 Å². The van der Waals surface area contributed by atoms with E-state index < -0.39 is 6.36 Å². The lowest BCUT2D eigenvalue weighted by atomic mass is 10.1. The van der Waals surface area contributed by atoms with Gasteiger partial charge in [0.05, 0.1) is 5.56 Å². The smallest absolute Gasteiger partial charge is 0.457 e. The van der Waals surface area contributed by atoms with Gasteiger partial charge in [-0.1, -0.05) is 6.07 Å². The number of halogens is 4. The van der Waals surface area contributed by atoms with Crippen molar-refractivity contribution in [3.63, 3.8) is 0 Å². The quantitative estimate of drug-likeness (QED) is 0.732. The highest BCUT2D eigenvalue weighted by atomic mass is 79.9. The number of aryl methyl sites for hydroxylation is 1. The fraction of sp³-hybridized carbons (Fsp3) is 0.133. The number of nitrogens with zero attached hydrogens (tertiary/aromatic N) is 1. The van der Waals surface area contributed by atoms with Gasteiger partial charge in [-0.25, -0.2) is 0 Å². The molecule has 0 aliphatic heterocycles. The first-order chi connectivity index (χ1) is 10.3. The van der Waals surface area contributed by atoms with Crippen molar-refractivity contribution in [2.45, 2.75) is 13.3 Å². The average Bonchev–Trinajstić information content (AvgIpc) is 2.41. The Hall–Kier alpha value is -2.20. The molecule has 0 fully saturated rings. The molecule has 0 bridgehead atoms. The van der Waals surface area contributed by atoms with Crippen LogP contribution in [0.25, 0.3) is 0 Å². The summed E-state index contributed by atoms with van der Waals surface area (Å²) in [7, 11) is 0. The predicted octanol–water partition coefficient (Wildman–Crippen LogP) is 5.32. The highest BCUT2D eigenvalue weighted by Crippen LogP contribution is 2.33. The van der Waals surface area contributed by atoms with Gasteiger partial charge in [0.1, 0.15) is 23.3 Å². The van der Waals surface area contributed by atoms with E-state index in [2.05, 4.69) is 20.7 Å². The van der Waals surface area contributed by atoms with Crippen LogP contribution in [-0.4, -0.2) is 6.36 Å². The van der Waals surface area contributed by atoms with E-state index in [4.69, 9.17) is 10.00 Å². The van der Waals surface area contributed by atoms with Gasteiger partial charge in [-0.15, -0.1) is 13.2 Å². The van der Waals surface area contributed by atoms with Crippen LogP contribution in [0.15, 0.2) is 40.9 Å². The van der Waals surface area contributed by atoms with E-state index in [-0.39, 0.29) is 11.5 Å². The van der Waals surface area contributed by atoms with E-state index in [1.165, 1.54) is 18.2 Å². The van der Waals surface area contributed by atoms with Crippen LogP contribution in [0.1, 0.15) is 11.1 Å². The number of alkyl halides is 3. The third-order valence-electron chi connectivity index (χ3n) is 2.65. The zero-order chi connectivity index (χ0) is 16.3. The molecule has 0 unspecified atom stereocenters. The predicted molar refractivity (Wildman–Crippen MR) is 76.8 cm³/mol. The standard InChI is InChI=1S/C15H9BrF3NO2/c1-9-5-10(8-20)13(16)7-14(9)21-11-3-2-4-12(6-11)22-15(17,18)19/h2-7H,1H3.